The quantitative estimate of drug-likeness (QED) is 0.207. The Hall–Kier alpha value is -3.04. The van der Waals surface area contributed by atoms with Crippen LogP contribution in [0.4, 0.5) is 24.5 Å². The maximum atomic E-state index is 13.6. The molecule has 2 heterocycles. The SMILES string of the molecule is COc1cc(SC)ccc1NCC#Cc1cc2c(NC3CCN(CC(CO)OC)CC3)cccc2n1CC(F)(F)F. The van der Waals surface area contributed by atoms with Gasteiger partial charge in [-0.2, -0.15) is 13.2 Å². The van der Waals surface area contributed by atoms with Crippen LogP contribution in [0.1, 0.15) is 18.5 Å². The van der Waals surface area contributed by atoms with Crippen molar-refractivity contribution in [1.82, 2.24) is 9.47 Å². The number of halogens is 3. The van der Waals surface area contributed by atoms with E-state index in [9.17, 15) is 18.3 Å². The van der Waals surface area contributed by atoms with Gasteiger partial charge in [-0.3, -0.25) is 0 Å². The summed E-state index contributed by atoms with van der Waals surface area (Å²) in [4.78, 5) is 3.32. The van der Waals surface area contributed by atoms with Crippen LogP contribution in [0.15, 0.2) is 47.4 Å². The highest BCUT2D eigenvalue weighted by Crippen LogP contribution is 2.32. The highest BCUT2D eigenvalue weighted by molar-refractivity contribution is 7.98. The zero-order chi connectivity index (χ0) is 29.4. The minimum atomic E-state index is -4.39. The largest absolute Gasteiger partial charge is 0.495 e. The molecule has 1 saturated heterocycles. The van der Waals surface area contributed by atoms with Crippen molar-refractivity contribution in [1.29, 1.82) is 0 Å². The number of ether oxygens (including phenoxy) is 2. The molecule has 0 spiro atoms. The highest BCUT2D eigenvalue weighted by Gasteiger charge is 2.30. The number of aromatic nitrogens is 1. The third kappa shape index (κ3) is 8.26. The van der Waals surface area contributed by atoms with Gasteiger partial charge >= 0.3 is 6.18 Å². The number of likely N-dealkylation sites (tertiary alicyclic amines) is 1. The van der Waals surface area contributed by atoms with Gasteiger partial charge in [-0.25, -0.2) is 0 Å². The van der Waals surface area contributed by atoms with Gasteiger partial charge in [-0.15, -0.1) is 11.8 Å². The lowest BCUT2D eigenvalue weighted by atomic mass is 10.0. The van der Waals surface area contributed by atoms with Crippen LogP contribution in [0.2, 0.25) is 0 Å². The number of aliphatic hydroxyl groups is 1. The summed E-state index contributed by atoms with van der Waals surface area (Å²) in [6.07, 6.45) is -0.866. The average molecular weight is 591 g/mol. The second-order valence-corrected chi connectivity index (χ2v) is 10.8. The predicted molar refractivity (Wildman–Crippen MR) is 159 cm³/mol. The highest BCUT2D eigenvalue weighted by atomic mass is 32.2. The fraction of sp³-hybridized carbons (Fsp3) is 0.467. The number of piperidine rings is 1. The molecule has 4 rings (SSSR count). The van der Waals surface area contributed by atoms with Crippen molar-refractivity contribution in [2.45, 2.75) is 42.6 Å². The van der Waals surface area contributed by atoms with Gasteiger partial charge in [0.25, 0.3) is 0 Å². The fourth-order valence-electron chi connectivity index (χ4n) is 5.06. The summed E-state index contributed by atoms with van der Waals surface area (Å²) in [6.45, 7) is 1.46. The van der Waals surface area contributed by atoms with E-state index in [-0.39, 0.29) is 25.3 Å². The Morgan fingerprint density at radius 3 is 2.56 bits per heavy atom. The number of rotatable bonds is 11. The first-order valence-electron chi connectivity index (χ1n) is 13.5. The molecule has 1 aliphatic rings. The zero-order valence-electron chi connectivity index (χ0n) is 23.6. The Kier molecular flexibility index (Phi) is 10.7. The van der Waals surface area contributed by atoms with Crippen molar-refractivity contribution in [2.75, 3.05) is 63.9 Å². The molecule has 0 saturated carbocycles. The molecule has 222 valence electrons. The van der Waals surface area contributed by atoms with E-state index in [4.69, 9.17) is 9.47 Å². The number of thioether (sulfide) groups is 1. The van der Waals surface area contributed by atoms with E-state index in [1.54, 1.807) is 44.2 Å². The van der Waals surface area contributed by atoms with E-state index in [1.165, 1.54) is 4.57 Å². The number of aliphatic hydroxyl groups excluding tert-OH is 1. The molecule has 11 heteroatoms. The number of fused-ring (bicyclic) bond motifs is 1. The predicted octanol–water partition coefficient (Wildman–Crippen LogP) is 5.28. The lowest BCUT2D eigenvalue weighted by molar-refractivity contribution is -0.140. The number of hydrogen-bond acceptors (Lipinski definition) is 7. The minimum Gasteiger partial charge on any atom is -0.495 e. The van der Waals surface area contributed by atoms with Crippen LogP contribution in [-0.4, -0.2) is 86.2 Å². The average Bonchev–Trinajstić information content (AvgIpc) is 3.31. The molecule has 3 aromatic rings. The van der Waals surface area contributed by atoms with Gasteiger partial charge in [0.05, 0.1) is 43.3 Å². The van der Waals surface area contributed by atoms with E-state index in [2.05, 4.69) is 27.4 Å². The summed E-state index contributed by atoms with van der Waals surface area (Å²) in [5, 5.41) is 16.9. The summed E-state index contributed by atoms with van der Waals surface area (Å²) >= 11 is 1.61. The van der Waals surface area contributed by atoms with Gasteiger partial charge < -0.3 is 34.7 Å². The van der Waals surface area contributed by atoms with E-state index in [1.807, 2.05) is 30.5 Å². The molecule has 1 aliphatic heterocycles. The van der Waals surface area contributed by atoms with Gasteiger partial charge in [0.15, 0.2) is 0 Å². The molecule has 0 aliphatic carbocycles. The Labute approximate surface area is 243 Å². The number of alkyl halides is 3. The van der Waals surface area contributed by atoms with E-state index < -0.39 is 12.7 Å². The van der Waals surface area contributed by atoms with Crippen molar-refractivity contribution < 1.29 is 27.8 Å². The molecule has 41 heavy (non-hydrogen) atoms. The standard InChI is InChI=1S/C30H37F3N4O3S/c1-39-23(19-38)18-36-14-11-21(12-15-36)35-26-7-4-8-28-25(26)16-22(37(28)20-30(31,32)33)6-5-13-34-27-10-9-24(41-3)17-29(27)40-2/h4,7-10,16-17,21,23,34-35,38H,11-15,18-20H2,1-3H3. The number of methoxy groups -OCH3 is 2. The number of hydrogen-bond donors (Lipinski definition) is 3. The lowest BCUT2D eigenvalue weighted by Crippen LogP contribution is -2.43. The first kappa shape index (κ1) is 30.9. The summed E-state index contributed by atoms with van der Waals surface area (Å²) in [6, 6.07) is 13.1. The minimum absolute atomic E-state index is 0.0215. The van der Waals surface area contributed by atoms with Crippen LogP contribution in [0, 0.1) is 11.8 Å². The van der Waals surface area contributed by atoms with Crippen molar-refractivity contribution in [2.24, 2.45) is 0 Å². The maximum absolute atomic E-state index is 13.6. The second kappa shape index (κ2) is 14.2. The second-order valence-electron chi connectivity index (χ2n) is 9.95. The van der Waals surface area contributed by atoms with Crippen LogP contribution >= 0.6 is 11.8 Å². The molecule has 1 fully saturated rings. The van der Waals surface area contributed by atoms with Crippen molar-refractivity contribution in [3.63, 3.8) is 0 Å². The van der Waals surface area contributed by atoms with Crippen molar-refractivity contribution in [3.8, 4) is 17.6 Å². The van der Waals surface area contributed by atoms with Crippen molar-refractivity contribution >= 4 is 34.0 Å². The first-order valence-corrected chi connectivity index (χ1v) is 14.7. The number of benzene rings is 2. The van der Waals surface area contributed by atoms with Crippen molar-refractivity contribution in [3.05, 3.63) is 48.2 Å². The summed E-state index contributed by atoms with van der Waals surface area (Å²) in [5.41, 5.74) is 2.36. The van der Waals surface area contributed by atoms with Crippen LogP contribution in [0.3, 0.4) is 0 Å². The van der Waals surface area contributed by atoms with Gasteiger partial charge in [0, 0.05) is 48.8 Å². The molecular weight excluding hydrogens is 553 g/mol. The summed E-state index contributed by atoms with van der Waals surface area (Å²) in [5.74, 6) is 6.62. The Balaban J connectivity index is 1.51. The van der Waals surface area contributed by atoms with Crippen LogP contribution in [0.25, 0.3) is 10.9 Å². The monoisotopic (exact) mass is 590 g/mol. The third-order valence-corrected chi connectivity index (χ3v) is 7.95. The Bertz CT molecular complexity index is 1360. The smallest absolute Gasteiger partial charge is 0.406 e. The van der Waals surface area contributed by atoms with Crippen LogP contribution < -0.4 is 15.4 Å². The number of anilines is 2. The van der Waals surface area contributed by atoms with Gasteiger partial charge in [0.2, 0.25) is 0 Å². The topological polar surface area (TPSA) is 70.9 Å². The van der Waals surface area contributed by atoms with Gasteiger partial charge in [-0.1, -0.05) is 12.0 Å². The summed E-state index contributed by atoms with van der Waals surface area (Å²) < 4.78 is 52.7. The molecule has 1 atom stereocenters. The molecule has 2 aromatic carbocycles. The van der Waals surface area contributed by atoms with E-state index >= 15 is 0 Å². The molecule has 7 nitrogen and oxygen atoms in total. The lowest BCUT2D eigenvalue weighted by Gasteiger charge is -2.34. The maximum Gasteiger partial charge on any atom is 0.406 e. The summed E-state index contributed by atoms with van der Waals surface area (Å²) in [7, 11) is 3.19. The van der Waals surface area contributed by atoms with E-state index in [0.717, 1.165) is 42.2 Å². The van der Waals surface area contributed by atoms with Crippen LogP contribution in [-0.2, 0) is 11.3 Å². The third-order valence-electron chi connectivity index (χ3n) is 7.22. The molecule has 1 aromatic heterocycles. The molecule has 3 N–H and O–H groups in total. The molecule has 0 amide bonds. The Morgan fingerprint density at radius 2 is 1.90 bits per heavy atom. The van der Waals surface area contributed by atoms with Crippen LogP contribution in [0.5, 0.6) is 5.75 Å². The molecule has 0 radical (unpaired) electrons. The number of nitrogens with one attached hydrogen (secondary N) is 2. The van der Waals surface area contributed by atoms with Gasteiger partial charge in [-0.05, 0) is 61.4 Å². The fourth-order valence-corrected chi connectivity index (χ4v) is 5.49. The Morgan fingerprint density at radius 1 is 1.12 bits per heavy atom. The van der Waals surface area contributed by atoms with E-state index in [0.29, 0.717) is 28.9 Å². The molecular formula is C30H37F3N4O3S. The molecule has 1 unspecified atom stereocenters. The molecule has 0 bridgehead atoms. The normalized spacial score (nSPS) is 15.4. The number of nitrogens with zero attached hydrogens (tertiary/aromatic N) is 2. The zero-order valence-corrected chi connectivity index (χ0v) is 24.4. The van der Waals surface area contributed by atoms with Gasteiger partial charge in [0.1, 0.15) is 12.3 Å². The first-order chi connectivity index (χ1) is 19.7.